The van der Waals surface area contributed by atoms with E-state index in [1.54, 1.807) is 0 Å². The number of carbonyl (C=O) groups is 1. The molecule has 1 unspecified atom stereocenters. The predicted octanol–water partition coefficient (Wildman–Crippen LogP) is 4.12. The highest BCUT2D eigenvalue weighted by Gasteiger charge is 2.32. The van der Waals surface area contributed by atoms with Crippen LogP contribution >= 0.6 is 0 Å². The largest absolute Gasteiger partial charge is 0.492 e. The second-order valence-electron chi connectivity index (χ2n) is 7.49. The molecule has 2 aliphatic heterocycles. The van der Waals surface area contributed by atoms with Gasteiger partial charge in [0.05, 0.1) is 20.1 Å². The number of rotatable bonds is 4. The summed E-state index contributed by atoms with van der Waals surface area (Å²) in [5, 5.41) is 0. The van der Waals surface area contributed by atoms with E-state index < -0.39 is 0 Å². The Hall–Kier alpha value is -2.69. The maximum Gasteiger partial charge on any atom is 0.306 e. The van der Waals surface area contributed by atoms with Gasteiger partial charge in [0.15, 0.2) is 17.6 Å². The van der Waals surface area contributed by atoms with Crippen molar-refractivity contribution >= 4 is 5.97 Å². The molecule has 1 fully saturated rings. The first-order valence-corrected chi connectivity index (χ1v) is 9.48. The molecule has 140 valence electrons. The van der Waals surface area contributed by atoms with E-state index in [0.717, 1.165) is 16.9 Å². The summed E-state index contributed by atoms with van der Waals surface area (Å²) in [5.74, 6) is 2.64. The van der Waals surface area contributed by atoms with Crippen LogP contribution in [0.4, 0.5) is 0 Å². The van der Waals surface area contributed by atoms with Crippen molar-refractivity contribution in [2.45, 2.75) is 37.2 Å². The molecule has 2 aromatic carbocycles. The van der Waals surface area contributed by atoms with E-state index >= 15 is 0 Å². The first-order chi connectivity index (χ1) is 13.2. The number of benzene rings is 2. The average molecular weight is 366 g/mol. The van der Waals surface area contributed by atoms with Crippen LogP contribution in [0.2, 0.25) is 0 Å². The van der Waals surface area contributed by atoms with Gasteiger partial charge in [-0.1, -0.05) is 24.3 Å². The molecule has 1 saturated carbocycles. The molecule has 0 amide bonds. The summed E-state index contributed by atoms with van der Waals surface area (Å²) in [4.78, 5) is 11.6. The summed E-state index contributed by atoms with van der Waals surface area (Å²) in [6, 6.07) is 12.5. The van der Waals surface area contributed by atoms with Crippen molar-refractivity contribution in [1.29, 1.82) is 0 Å². The summed E-state index contributed by atoms with van der Waals surface area (Å²) in [6.45, 7) is 0.947. The Morgan fingerprint density at radius 1 is 1.04 bits per heavy atom. The first-order valence-electron chi connectivity index (χ1n) is 9.48. The van der Waals surface area contributed by atoms with E-state index in [0.29, 0.717) is 37.1 Å². The van der Waals surface area contributed by atoms with Crippen LogP contribution in [-0.2, 0) is 9.53 Å². The number of methoxy groups -OCH3 is 1. The van der Waals surface area contributed by atoms with Crippen LogP contribution in [0.3, 0.4) is 0 Å². The molecule has 0 spiro atoms. The highest BCUT2D eigenvalue weighted by atomic mass is 16.6. The van der Waals surface area contributed by atoms with Crippen LogP contribution in [0.25, 0.3) is 0 Å². The van der Waals surface area contributed by atoms with Crippen LogP contribution in [0.5, 0.6) is 17.2 Å². The summed E-state index contributed by atoms with van der Waals surface area (Å²) < 4.78 is 22.8. The van der Waals surface area contributed by atoms with Crippen molar-refractivity contribution < 1.29 is 23.7 Å². The molecule has 27 heavy (non-hydrogen) atoms. The molecule has 2 atom stereocenters. The second kappa shape index (κ2) is 6.48. The number of hydrogen-bond acceptors (Lipinski definition) is 5. The highest BCUT2D eigenvalue weighted by molar-refractivity contribution is 5.71. The van der Waals surface area contributed by atoms with Gasteiger partial charge in [-0.2, -0.15) is 0 Å². The zero-order valence-electron chi connectivity index (χ0n) is 15.3. The predicted molar refractivity (Wildman–Crippen MR) is 98.6 cm³/mol. The smallest absolute Gasteiger partial charge is 0.306 e. The Bertz CT molecular complexity index is 886. The molecule has 5 rings (SSSR count). The molecule has 1 aliphatic carbocycles. The molecule has 2 heterocycles. The Morgan fingerprint density at radius 3 is 2.67 bits per heavy atom. The molecular weight excluding hydrogens is 344 g/mol. The molecule has 5 heteroatoms. The first kappa shape index (κ1) is 16.5. The molecule has 3 aliphatic rings. The van der Waals surface area contributed by atoms with Gasteiger partial charge in [-0.15, -0.1) is 0 Å². The van der Waals surface area contributed by atoms with Gasteiger partial charge in [0.2, 0.25) is 0 Å². The highest BCUT2D eigenvalue weighted by Crippen LogP contribution is 2.47. The van der Waals surface area contributed by atoms with E-state index in [9.17, 15) is 4.79 Å². The van der Waals surface area contributed by atoms with E-state index in [-0.39, 0.29) is 18.0 Å². The van der Waals surface area contributed by atoms with Crippen LogP contribution in [0, 0.1) is 0 Å². The normalized spacial score (nSPS) is 22.7. The van der Waals surface area contributed by atoms with Gasteiger partial charge in [-0.25, -0.2) is 0 Å². The topological polar surface area (TPSA) is 54.0 Å². The minimum atomic E-state index is -0.234. The van der Waals surface area contributed by atoms with Crippen LogP contribution in [-0.4, -0.2) is 26.3 Å². The Kier molecular flexibility index (Phi) is 3.96. The maximum absolute atomic E-state index is 11.6. The lowest BCUT2D eigenvalue weighted by Crippen LogP contribution is -2.21. The summed E-state index contributed by atoms with van der Waals surface area (Å²) in [6.07, 6.45) is 2.75. The lowest BCUT2D eigenvalue weighted by Gasteiger charge is -2.27. The molecule has 0 N–H and O–H groups in total. The van der Waals surface area contributed by atoms with Crippen molar-refractivity contribution in [2.24, 2.45) is 0 Å². The zero-order valence-corrected chi connectivity index (χ0v) is 15.3. The van der Waals surface area contributed by atoms with Crippen molar-refractivity contribution in [3.05, 3.63) is 53.1 Å². The van der Waals surface area contributed by atoms with Gasteiger partial charge in [0.1, 0.15) is 12.4 Å². The molecule has 5 nitrogen and oxygen atoms in total. The van der Waals surface area contributed by atoms with Crippen LogP contribution in [0.15, 0.2) is 36.4 Å². The summed E-state index contributed by atoms with van der Waals surface area (Å²) >= 11 is 0. The number of fused-ring (bicyclic) bond motifs is 2. The number of ether oxygens (including phenoxy) is 4. The molecule has 0 bridgehead atoms. The molecule has 0 aromatic heterocycles. The molecule has 0 radical (unpaired) electrons. The van der Waals surface area contributed by atoms with Crippen molar-refractivity contribution in [3.8, 4) is 17.2 Å². The van der Waals surface area contributed by atoms with Gasteiger partial charge in [-0.3, -0.25) is 4.79 Å². The summed E-state index contributed by atoms with van der Waals surface area (Å²) in [7, 11) is 1.40. The monoisotopic (exact) mass is 366 g/mol. The van der Waals surface area contributed by atoms with E-state index in [4.69, 9.17) is 18.9 Å². The van der Waals surface area contributed by atoms with Gasteiger partial charge in [0, 0.05) is 17.5 Å². The fourth-order valence-electron chi connectivity index (χ4n) is 3.89. The minimum absolute atomic E-state index is 0.00528. The minimum Gasteiger partial charge on any atom is -0.492 e. The quantitative estimate of drug-likeness (QED) is 0.762. The Morgan fingerprint density at radius 2 is 1.85 bits per heavy atom. The fraction of sp³-hybridized carbons (Fsp3) is 0.409. The second-order valence-corrected chi connectivity index (χ2v) is 7.49. The van der Waals surface area contributed by atoms with E-state index in [1.165, 1.54) is 25.5 Å². The average Bonchev–Trinajstić information content (AvgIpc) is 3.49. The standard InChI is InChI=1S/C22H22O5/c1-24-22(23)8-16-11-25-18-10-20-19(9-17(16)18)26-12-21(27-20)15-4-2-3-14(7-15)13-5-6-13/h2-4,7,9-10,13,16,21H,5-6,8,11-12H2,1H3/t16-,21?/m1/s1. The lowest BCUT2D eigenvalue weighted by atomic mass is 9.97. The number of esters is 1. The van der Waals surface area contributed by atoms with Gasteiger partial charge < -0.3 is 18.9 Å². The van der Waals surface area contributed by atoms with Crippen molar-refractivity contribution in [3.63, 3.8) is 0 Å². The van der Waals surface area contributed by atoms with Crippen LogP contribution < -0.4 is 14.2 Å². The van der Waals surface area contributed by atoms with Gasteiger partial charge in [-0.05, 0) is 36.0 Å². The Balaban J connectivity index is 1.38. The van der Waals surface area contributed by atoms with Crippen LogP contribution in [0.1, 0.15) is 53.9 Å². The van der Waals surface area contributed by atoms with Gasteiger partial charge >= 0.3 is 5.97 Å². The zero-order chi connectivity index (χ0) is 18.4. The Labute approximate surface area is 158 Å². The van der Waals surface area contributed by atoms with Crippen molar-refractivity contribution in [1.82, 2.24) is 0 Å². The lowest BCUT2D eigenvalue weighted by molar-refractivity contribution is -0.141. The third-order valence-electron chi connectivity index (χ3n) is 5.59. The number of carbonyl (C=O) groups excluding carboxylic acids is 1. The fourth-order valence-corrected chi connectivity index (χ4v) is 3.89. The molecular formula is C22H22O5. The maximum atomic E-state index is 11.6. The third-order valence-corrected chi connectivity index (χ3v) is 5.59. The molecule has 2 aromatic rings. The number of hydrogen-bond donors (Lipinski definition) is 0. The molecule has 0 saturated heterocycles. The van der Waals surface area contributed by atoms with Crippen molar-refractivity contribution in [2.75, 3.05) is 20.3 Å². The SMILES string of the molecule is COC(=O)C[C@@H]1COc2cc3c(cc21)OCC(c1cccc(C2CC2)c1)O3. The van der Waals surface area contributed by atoms with Gasteiger partial charge in [0.25, 0.3) is 0 Å². The van der Waals surface area contributed by atoms with E-state index in [2.05, 4.69) is 24.3 Å². The summed E-state index contributed by atoms with van der Waals surface area (Å²) in [5.41, 5.74) is 3.52. The third kappa shape index (κ3) is 3.11. The van der Waals surface area contributed by atoms with E-state index in [1.807, 2.05) is 12.1 Å².